The van der Waals surface area contributed by atoms with E-state index in [0.717, 1.165) is 54.6 Å². The van der Waals surface area contributed by atoms with Crippen molar-refractivity contribution in [1.82, 2.24) is 29.5 Å². The summed E-state index contributed by atoms with van der Waals surface area (Å²) in [6.45, 7) is 1.10. The zero-order valence-corrected chi connectivity index (χ0v) is 20.6. The molecule has 1 aromatic rings. The number of thioether (sulfide) groups is 2. The molecule has 0 unspecified atom stereocenters. The highest BCUT2D eigenvalue weighted by atomic mass is 32.2. The molecule has 10 nitrogen and oxygen atoms in total. The van der Waals surface area contributed by atoms with Crippen LogP contribution in [0.4, 0.5) is 4.79 Å². The number of hydrogen-bond acceptors (Lipinski definition) is 8. The predicted octanol–water partition coefficient (Wildman–Crippen LogP) is 2.16. The van der Waals surface area contributed by atoms with Gasteiger partial charge in [-0.2, -0.15) is 4.68 Å². The van der Waals surface area contributed by atoms with Crippen molar-refractivity contribution in [3.05, 3.63) is 46.4 Å². The van der Waals surface area contributed by atoms with Crippen molar-refractivity contribution in [3.8, 4) is 17.1 Å². The number of rotatable bonds is 7. The molecule has 1 N–H and O–H groups in total. The first kappa shape index (κ1) is 23.6. The number of carbonyl (C=O) groups excluding carboxylic acids is 3. The van der Waals surface area contributed by atoms with Crippen molar-refractivity contribution in [3.63, 3.8) is 0 Å². The second-order valence-electron chi connectivity index (χ2n) is 8.29. The molecule has 4 aliphatic heterocycles. The van der Waals surface area contributed by atoms with Crippen LogP contribution in [0.2, 0.25) is 0 Å². The van der Waals surface area contributed by atoms with Gasteiger partial charge in [0.15, 0.2) is 11.0 Å². The molecule has 0 saturated carbocycles. The van der Waals surface area contributed by atoms with E-state index in [9.17, 15) is 19.2 Å². The Morgan fingerprint density at radius 1 is 1.11 bits per heavy atom. The number of imide groups is 1. The SMILES string of the molecule is O=C(CSc1nc2nn(-c3ccccc3)c(=O)c-2c2n1CCCCC2)NCCN1C(=O)CSC1=O. The zero-order chi connectivity index (χ0) is 24.4. The fourth-order valence-electron chi connectivity index (χ4n) is 4.29. The second kappa shape index (κ2) is 10.2. The van der Waals surface area contributed by atoms with Gasteiger partial charge in [0.2, 0.25) is 11.8 Å². The summed E-state index contributed by atoms with van der Waals surface area (Å²) >= 11 is 2.28. The van der Waals surface area contributed by atoms with Crippen LogP contribution in [0.3, 0.4) is 0 Å². The van der Waals surface area contributed by atoms with Crippen molar-refractivity contribution in [2.45, 2.75) is 37.4 Å². The Labute approximate surface area is 209 Å². The van der Waals surface area contributed by atoms with E-state index in [-0.39, 0.29) is 47.2 Å². The molecule has 1 saturated heterocycles. The van der Waals surface area contributed by atoms with E-state index in [1.807, 2.05) is 30.3 Å². The lowest BCUT2D eigenvalue weighted by Crippen LogP contribution is -2.38. The van der Waals surface area contributed by atoms with Crippen molar-refractivity contribution in [2.75, 3.05) is 24.6 Å². The standard InChI is InChI=1S/C23H24N6O4S2/c30-17(24-10-12-28-18(31)14-35-23(28)33)13-34-22-25-20-19(16-9-5-2-6-11-27(16)22)21(32)29(26-20)15-7-3-1-4-8-15/h1,3-4,7-8H,2,5-6,9-14H2,(H,24,30). The van der Waals surface area contributed by atoms with E-state index >= 15 is 0 Å². The molecule has 0 spiro atoms. The minimum Gasteiger partial charge on any atom is -0.354 e. The van der Waals surface area contributed by atoms with Crippen LogP contribution in [0.5, 0.6) is 0 Å². The van der Waals surface area contributed by atoms with Crippen LogP contribution in [-0.4, -0.2) is 65.9 Å². The maximum absolute atomic E-state index is 13.3. The second-order valence-corrected chi connectivity index (χ2v) is 10.2. The fourth-order valence-corrected chi connectivity index (χ4v) is 5.92. The topological polar surface area (TPSA) is 119 Å². The molecule has 4 heterocycles. The lowest BCUT2D eigenvalue weighted by molar-refractivity contribution is -0.125. The lowest BCUT2D eigenvalue weighted by atomic mass is 10.1. The van der Waals surface area contributed by atoms with Crippen LogP contribution in [-0.2, 0) is 22.6 Å². The summed E-state index contributed by atoms with van der Waals surface area (Å²) in [6.07, 6.45) is 3.76. The minimum atomic E-state index is -0.275. The average Bonchev–Trinajstić information content (AvgIpc) is 3.24. The van der Waals surface area contributed by atoms with E-state index in [4.69, 9.17) is 0 Å². The maximum atomic E-state index is 13.3. The van der Waals surface area contributed by atoms with Crippen molar-refractivity contribution in [1.29, 1.82) is 0 Å². The molecule has 0 radical (unpaired) electrons. The lowest BCUT2D eigenvalue weighted by Gasteiger charge is -2.17. The van der Waals surface area contributed by atoms with E-state index < -0.39 is 0 Å². The summed E-state index contributed by atoms with van der Waals surface area (Å²) in [6, 6.07) is 9.27. The number of aromatic nitrogens is 4. The summed E-state index contributed by atoms with van der Waals surface area (Å²) in [4.78, 5) is 55.0. The Balaban J connectivity index is 1.35. The molecule has 182 valence electrons. The number of nitrogens with one attached hydrogen (secondary N) is 1. The van der Waals surface area contributed by atoms with E-state index in [2.05, 4.69) is 20.0 Å². The Bertz CT molecular complexity index is 1290. The molecule has 4 aliphatic rings. The van der Waals surface area contributed by atoms with Gasteiger partial charge >= 0.3 is 0 Å². The zero-order valence-electron chi connectivity index (χ0n) is 18.9. The number of para-hydroxylation sites is 1. The molecule has 0 aliphatic carbocycles. The summed E-state index contributed by atoms with van der Waals surface area (Å²) in [5.74, 6) is 0.222. The number of benzene rings is 1. The molecular formula is C23H24N6O4S2. The summed E-state index contributed by atoms with van der Waals surface area (Å²) in [5.41, 5.74) is 1.97. The molecule has 3 amide bonds. The normalized spacial score (nSPS) is 15.9. The quantitative estimate of drug-likeness (QED) is 0.378. The molecule has 0 bridgehead atoms. The van der Waals surface area contributed by atoms with Gasteiger partial charge in [0.05, 0.1) is 17.2 Å². The van der Waals surface area contributed by atoms with Gasteiger partial charge in [0.25, 0.3) is 10.8 Å². The van der Waals surface area contributed by atoms with Crippen LogP contribution in [0.15, 0.2) is 40.3 Å². The molecule has 1 aromatic carbocycles. The van der Waals surface area contributed by atoms with E-state index in [0.29, 0.717) is 22.2 Å². The number of nitrogens with zero attached hydrogens (tertiary/aromatic N) is 5. The van der Waals surface area contributed by atoms with Crippen LogP contribution in [0.25, 0.3) is 17.1 Å². The average molecular weight is 513 g/mol. The fraction of sp³-hybridized carbons (Fsp3) is 0.391. The Morgan fingerprint density at radius 3 is 2.71 bits per heavy atom. The minimum absolute atomic E-state index is 0.123. The highest BCUT2D eigenvalue weighted by Gasteiger charge is 2.30. The molecule has 12 heteroatoms. The van der Waals surface area contributed by atoms with Crippen LogP contribution in [0, 0.1) is 0 Å². The van der Waals surface area contributed by atoms with Gasteiger partial charge < -0.3 is 9.88 Å². The predicted molar refractivity (Wildman–Crippen MR) is 133 cm³/mol. The van der Waals surface area contributed by atoms with E-state index in [1.54, 1.807) is 0 Å². The van der Waals surface area contributed by atoms with Gasteiger partial charge in [-0.3, -0.25) is 24.1 Å². The van der Waals surface area contributed by atoms with E-state index in [1.165, 1.54) is 16.4 Å². The molecule has 35 heavy (non-hydrogen) atoms. The van der Waals surface area contributed by atoms with Gasteiger partial charge in [-0.25, -0.2) is 4.98 Å². The number of amides is 3. The first-order valence-electron chi connectivity index (χ1n) is 11.5. The third-order valence-corrected chi connectivity index (χ3v) is 7.83. The largest absolute Gasteiger partial charge is 0.354 e. The maximum Gasteiger partial charge on any atom is 0.288 e. The van der Waals surface area contributed by atoms with Crippen LogP contribution in [0.1, 0.15) is 25.0 Å². The third kappa shape index (κ3) is 4.85. The Morgan fingerprint density at radius 2 is 1.94 bits per heavy atom. The van der Waals surface area contributed by atoms with Crippen molar-refractivity contribution in [2.24, 2.45) is 0 Å². The molecule has 1 fully saturated rings. The van der Waals surface area contributed by atoms with Gasteiger partial charge in [0, 0.05) is 25.3 Å². The number of hydrogen-bond donors (Lipinski definition) is 1. The summed E-state index contributed by atoms with van der Waals surface area (Å²) < 4.78 is 3.45. The number of carbonyl (C=O) groups is 3. The first-order chi connectivity index (χ1) is 17.0. The van der Waals surface area contributed by atoms with Gasteiger partial charge in [-0.1, -0.05) is 48.1 Å². The molecular weight excluding hydrogens is 488 g/mol. The monoisotopic (exact) mass is 512 g/mol. The Hall–Kier alpha value is -3.12. The Kier molecular flexibility index (Phi) is 6.91. The highest BCUT2D eigenvalue weighted by Crippen LogP contribution is 2.30. The highest BCUT2D eigenvalue weighted by molar-refractivity contribution is 8.14. The number of fused-ring (bicyclic) bond motifs is 3. The van der Waals surface area contributed by atoms with Crippen molar-refractivity contribution >= 4 is 40.6 Å². The molecule has 0 atom stereocenters. The van der Waals surface area contributed by atoms with Gasteiger partial charge in [-0.05, 0) is 31.4 Å². The third-order valence-electron chi connectivity index (χ3n) is 6.00. The van der Waals surface area contributed by atoms with Crippen LogP contribution < -0.4 is 10.9 Å². The van der Waals surface area contributed by atoms with Gasteiger partial charge in [0.1, 0.15) is 5.56 Å². The summed E-state index contributed by atoms with van der Waals surface area (Å²) in [5, 5.41) is 7.66. The van der Waals surface area contributed by atoms with Crippen LogP contribution >= 0.6 is 23.5 Å². The molecule has 0 aromatic heterocycles. The van der Waals surface area contributed by atoms with Crippen molar-refractivity contribution < 1.29 is 14.4 Å². The molecule has 5 rings (SSSR count). The van der Waals surface area contributed by atoms with Gasteiger partial charge in [-0.15, -0.1) is 5.10 Å². The smallest absolute Gasteiger partial charge is 0.288 e. The summed E-state index contributed by atoms with van der Waals surface area (Å²) in [7, 11) is 0. The first-order valence-corrected chi connectivity index (χ1v) is 13.4.